The molecule has 0 radical (unpaired) electrons. The molecule has 16 heavy (non-hydrogen) atoms. The molecule has 0 amide bonds. The van der Waals surface area contributed by atoms with Gasteiger partial charge in [-0.1, -0.05) is 28.9 Å². The van der Waals surface area contributed by atoms with Crippen LogP contribution in [-0.4, -0.2) is 24.9 Å². The van der Waals surface area contributed by atoms with E-state index in [1.54, 1.807) is 0 Å². The molecule has 0 heterocycles. The summed E-state index contributed by atoms with van der Waals surface area (Å²) in [5, 5.41) is 10.7. The lowest BCUT2D eigenvalue weighted by Gasteiger charge is -2.23. The van der Waals surface area contributed by atoms with Crippen LogP contribution in [0.1, 0.15) is 19.8 Å². The molecule has 0 unspecified atom stereocenters. The third-order valence-electron chi connectivity index (χ3n) is 2.07. The van der Waals surface area contributed by atoms with Crippen molar-refractivity contribution in [1.82, 2.24) is 0 Å². The SMILES string of the molecule is CCCON(CCCO)c1cccc(Br)c1. The van der Waals surface area contributed by atoms with Gasteiger partial charge in [0.2, 0.25) is 0 Å². The minimum atomic E-state index is 0.181. The Kier molecular flexibility index (Phi) is 6.45. The number of benzene rings is 1. The van der Waals surface area contributed by atoms with E-state index in [2.05, 4.69) is 22.9 Å². The maximum Gasteiger partial charge on any atom is 0.0746 e. The summed E-state index contributed by atoms with van der Waals surface area (Å²) in [6.45, 7) is 3.65. The van der Waals surface area contributed by atoms with Crippen LogP contribution < -0.4 is 5.06 Å². The molecule has 4 heteroatoms. The zero-order chi connectivity index (χ0) is 11.8. The summed E-state index contributed by atoms with van der Waals surface area (Å²) in [6.07, 6.45) is 1.68. The average Bonchev–Trinajstić information content (AvgIpc) is 2.29. The van der Waals surface area contributed by atoms with Gasteiger partial charge in [0, 0.05) is 17.6 Å². The summed E-state index contributed by atoms with van der Waals surface area (Å²) in [4.78, 5) is 5.64. The Morgan fingerprint density at radius 3 is 2.88 bits per heavy atom. The Morgan fingerprint density at radius 2 is 2.25 bits per heavy atom. The van der Waals surface area contributed by atoms with Crippen LogP contribution in [-0.2, 0) is 4.84 Å². The highest BCUT2D eigenvalue weighted by Crippen LogP contribution is 2.20. The first-order valence-electron chi connectivity index (χ1n) is 5.54. The summed E-state index contributed by atoms with van der Waals surface area (Å²) in [5.41, 5.74) is 1.01. The fourth-order valence-electron chi connectivity index (χ4n) is 1.32. The van der Waals surface area contributed by atoms with Gasteiger partial charge in [-0.25, -0.2) is 0 Å². The molecule has 0 fully saturated rings. The summed E-state index contributed by atoms with van der Waals surface area (Å²) in [5.74, 6) is 0. The molecule has 0 aliphatic rings. The second kappa shape index (κ2) is 7.65. The number of nitrogens with zero attached hydrogens (tertiary/aromatic N) is 1. The van der Waals surface area contributed by atoms with Gasteiger partial charge in [0.1, 0.15) is 0 Å². The second-order valence-corrected chi connectivity index (χ2v) is 4.41. The van der Waals surface area contributed by atoms with Crippen molar-refractivity contribution < 1.29 is 9.94 Å². The second-order valence-electron chi connectivity index (χ2n) is 3.49. The van der Waals surface area contributed by atoms with Gasteiger partial charge in [0.15, 0.2) is 0 Å². The number of aliphatic hydroxyl groups is 1. The summed E-state index contributed by atoms with van der Waals surface area (Å²) in [6, 6.07) is 7.96. The van der Waals surface area contributed by atoms with Crippen molar-refractivity contribution in [1.29, 1.82) is 0 Å². The maximum atomic E-state index is 8.85. The van der Waals surface area contributed by atoms with E-state index in [1.807, 2.05) is 29.3 Å². The predicted octanol–water partition coefficient (Wildman–Crippen LogP) is 2.98. The smallest absolute Gasteiger partial charge is 0.0746 e. The maximum absolute atomic E-state index is 8.85. The fraction of sp³-hybridized carbons (Fsp3) is 0.500. The molecular weight excluding hydrogens is 270 g/mol. The lowest BCUT2D eigenvalue weighted by molar-refractivity contribution is 0.104. The molecule has 0 saturated carbocycles. The molecule has 0 spiro atoms. The summed E-state index contributed by atoms with van der Waals surface area (Å²) in [7, 11) is 0. The first kappa shape index (κ1) is 13.5. The fourth-order valence-corrected chi connectivity index (χ4v) is 1.70. The number of halogens is 1. The van der Waals surface area contributed by atoms with Crippen LogP contribution in [0.15, 0.2) is 28.7 Å². The topological polar surface area (TPSA) is 32.7 Å². The van der Waals surface area contributed by atoms with Gasteiger partial charge >= 0.3 is 0 Å². The van der Waals surface area contributed by atoms with Gasteiger partial charge < -0.3 is 5.11 Å². The molecule has 1 aromatic carbocycles. The molecular formula is C12H18BrNO2. The Hall–Kier alpha value is -0.580. The van der Waals surface area contributed by atoms with Gasteiger partial charge in [0.05, 0.1) is 12.3 Å². The average molecular weight is 288 g/mol. The van der Waals surface area contributed by atoms with E-state index in [4.69, 9.17) is 9.94 Å². The van der Waals surface area contributed by atoms with E-state index in [1.165, 1.54) is 0 Å². The van der Waals surface area contributed by atoms with Crippen molar-refractivity contribution in [2.24, 2.45) is 0 Å². The molecule has 0 atom stereocenters. The molecule has 0 aromatic heterocycles. The number of rotatable bonds is 7. The van der Waals surface area contributed by atoms with E-state index in [9.17, 15) is 0 Å². The largest absolute Gasteiger partial charge is 0.396 e. The number of anilines is 1. The quantitative estimate of drug-likeness (QED) is 0.783. The van der Waals surface area contributed by atoms with Crippen molar-refractivity contribution in [2.75, 3.05) is 24.8 Å². The van der Waals surface area contributed by atoms with E-state index in [0.717, 1.165) is 16.6 Å². The van der Waals surface area contributed by atoms with Crippen molar-refractivity contribution in [3.63, 3.8) is 0 Å². The number of aliphatic hydroxyl groups excluding tert-OH is 1. The van der Waals surface area contributed by atoms with E-state index < -0.39 is 0 Å². The molecule has 1 aromatic rings. The highest BCUT2D eigenvalue weighted by atomic mass is 79.9. The van der Waals surface area contributed by atoms with Crippen molar-refractivity contribution in [2.45, 2.75) is 19.8 Å². The number of hydrogen-bond acceptors (Lipinski definition) is 3. The van der Waals surface area contributed by atoms with E-state index in [0.29, 0.717) is 19.6 Å². The van der Waals surface area contributed by atoms with Crippen LogP contribution in [0.5, 0.6) is 0 Å². The normalized spacial score (nSPS) is 10.4. The first-order valence-corrected chi connectivity index (χ1v) is 6.34. The van der Waals surface area contributed by atoms with E-state index in [-0.39, 0.29) is 6.61 Å². The standard InChI is InChI=1S/C12H18BrNO2/c1-2-9-16-14(7-4-8-15)12-6-3-5-11(13)10-12/h3,5-6,10,15H,2,4,7-9H2,1H3. The monoisotopic (exact) mass is 287 g/mol. The zero-order valence-corrected chi connectivity index (χ0v) is 11.1. The Bertz CT molecular complexity index is 299. The molecule has 1 N–H and O–H groups in total. The lowest BCUT2D eigenvalue weighted by Crippen LogP contribution is -2.25. The minimum Gasteiger partial charge on any atom is -0.396 e. The highest BCUT2D eigenvalue weighted by Gasteiger charge is 2.06. The Labute approximate surface area is 105 Å². The third-order valence-corrected chi connectivity index (χ3v) is 2.56. The molecule has 0 aliphatic carbocycles. The van der Waals surface area contributed by atoms with Crippen LogP contribution in [0.25, 0.3) is 0 Å². The van der Waals surface area contributed by atoms with Crippen LogP contribution in [0, 0.1) is 0 Å². The van der Waals surface area contributed by atoms with Crippen molar-refractivity contribution in [3.05, 3.63) is 28.7 Å². The Balaban J connectivity index is 2.66. The molecule has 0 saturated heterocycles. The molecule has 0 bridgehead atoms. The molecule has 90 valence electrons. The lowest BCUT2D eigenvalue weighted by atomic mass is 10.3. The van der Waals surface area contributed by atoms with Crippen LogP contribution in [0.4, 0.5) is 5.69 Å². The molecule has 0 aliphatic heterocycles. The summed E-state index contributed by atoms with van der Waals surface area (Å²) < 4.78 is 1.03. The van der Waals surface area contributed by atoms with Crippen molar-refractivity contribution in [3.8, 4) is 0 Å². The molecule has 1 rings (SSSR count). The first-order chi connectivity index (χ1) is 7.77. The minimum absolute atomic E-state index is 0.181. The van der Waals surface area contributed by atoms with Gasteiger partial charge in [-0.2, -0.15) is 0 Å². The third kappa shape index (κ3) is 4.51. The predicted molar refractivity (Wildman–Crippen MR) is 69.4 cm³/mol. The molecule has 3 nitrogen and oxygen atoms in total. The number of hydrogen-bond donors (Lipinski definition) is 1. The highest BCUT2D eigenvalue weighted by molar-refractivity contribution is 9.10. The van der Waals surface area contributed by atoms with Crippen LogP contribution in [0.3, 0.4) is 0 Å². The van der Waals surface area contributed by atoms with Crippen LogP contribution in [0.2, 0.25) is 0 Å². The van der Waals surface area contributed by atoms with Gasteiger partial charge in [-0.05, 0) is 31.0 Å². The summed E-state index contributed by atoms with van der Waals surface area (Å²) >= 11 is 3.44. The Morgan fingerprint density at radius 1 is 1.44 bits per heavy atom. The van der Waals surface area contributed by atoms with Crippen LogP contribution >= 0.6 is 15.9 Å². The van der Waals surface area contributed by atoms with Crippen molar-refractivity contribution >= 4 is 21.6 Å². The zero-order valence-electron chi connectivity index (χ0n) is 9.53. The number of hydroxylamine groups is 1. The van der Waals surface area contributed by atoms with Gasteiger partial charge in [-0.15, -0.1) is 0 Å². The van der Waals surface area contributed by atoms with Gasteiger partial charge in [-0.3, -0.25) is 9.90 Å². The van der Waals surface area contributed by atoms with Gasteiger partial charge in [0.25, 0.3) is 0 Å². The van der Waals surface area contributed by atoms with E-state index >= 15 is 0 Å².